The lowest BCUT2D eigenvalue weighted by Gasteiger charge is -2.21. The van der Waals surface area contributed by atoms with Gasteiger partial charge in [-0.25, -0.2) is 4.39 Å². The summed E-state index contributed by atoms with van der Waals surface area (Å²) in [6, 6.07) is 13.0. The number of hydrogen-bond acceptors (Lipinski definition) is 2. The Labute approximate surface area is 197 Å². The molecule has 5 heteroatoms. The normalized spacial score (nSPS) is 13.4. The SMILES string of the molecule is CCc1cccc2c(C(CC(=O)NC(C)CCCN(CC)CC)c3cccc(F)c3)c[nH]c12. The van der Waals surface area contributed by atoms with E-state index in [4.69, 9.17) is 0 Å². The molecule has 0 radical (unpaired) electrons. The lowest BCUT2D eigenvalue weighted by molar-refractivity contribution is -0.121. The number of carbonyl (C=O) groups is 1. The van der Waals surface area contributed by atoms with Crippen LogP contribution >= 0.6 is 0 Å². The van der Waals surface area contributed by atoms with Crippen molar-refractivity contribution in [3.63, 3.8) is 0 Å². The number of fused-ring (bicyclic) bond motifs is 1. The third-order valence-corrected chi connectivity index (χ3v) is 6.64. The molecular weight excluding hydrogens is 413 g/mol. The van der Waals surface area contributed by atoms with E-state index < -0.39 is 0 Å². The largest absolute Gasteiger partial charge is 0.361 e. The standard InChI is InChI=1S/C28H38FN3O/c1-5-21-12-9-15-24-26(19-30-28(21)24)25(22-13-8-14-23(29)17-22)18-27(33)31-20(4)11-10-16-32(6-2)7-3/h8-9,12-15,17,19-20,25,30H,5-7,10-11,16,18H2,1-4H3,(H,31,33). The van der Waals surface area contributed by atoms with Crippen LogP contribution in [0.5, 0.6) is 0 Å². The van der Waals surface area contributed by atoms with Gasteiger partial charge in [0.15, 0.2) is 0 Å². The fourth-order valence-electron chi connectivity index (χ4n) is 4.70. The molecule has 1 aromatic heterocycles. The fraction of sp³-hybridized carbons (Fsp3) is 0.464. The molecule has 1 amide bonds. The van der Waals surface area contributed by atoms with Crippen LogP contribution in [0, 0.1) is 5.82 Å². The molecule has 3 rings (SSSR count). The van der Waals surface area contributed by atoms with Crippen LogP contribution in [-0.4, -0.2) is 41.5 Å². The van der Waals surface area contributed by atoms with Gasteiger partial charge in [-0.15, -0.1) is 0 Å². The van der Waals surface area contributed by atoms with Gasteiger partial charge in [-0.3, -0.25) is 4.79 Å². The van der Waals surface area contributed by atoms with E-state index in [1.807, 2.05) is 12.3 Å². The number of amides is 1. The zero-order valence-electron chi connectivity index (χ0n) is 20.5. The summed E-state index contributed by atoms with van der Waals surface area (Å²) in [6.45, 7) is 11.7. The maximum absolute atomic E-state index is 14.1. The number of carbonyl (C=O) groups excluding carboxylic acids is 1. The zero-order chi connectivity index (χ0) is 23.8. The van der Waals surface area contributed by atoms with Crippen LogP contribution in [0.4, 0.5) is 4.39 Å². The topological polar surface area (TPSA) is 48.1 Å². The molecule has 2 N–H and O–H groups in total. The summed E-state index contributed by atoms with van der Waals surface area (Å²) in [5, 5.41) is 4.28. The van der Waals surface area contributed by atoms with Gasteiger partial charge in [0.2, 0.25) is 5.91 Å². The number of aromatic amines is 1. The van der Waals surface area contributed by atoms with Crippen molar-refractivity contribution in [3.8, 4) is 0 Å². The van der Waals surface area contributed by atoms with Crippen LogP contribution in [0.1, 0.15) is 69.6 Å². The first kappa shape index (κ1) is 25.0. The highest BCUT2D eigenvalue weighted by molar-refractivity contribution is 5.88. The Hall–Kier alpha value is -2.66. The summed E-state index contributed by atoms with van der Waals surface area (Å²) in [5.74, 6) is -0.498. The van der Waals surface area contributed by atoms with Crippen molar-refractivity contribution in [2.45, 2.75) is 65.3 Å². The van der Waals surface area contributed by atoms with E-state index >= 15 is 0 Å². The minimum Gasteiger partial charge on any atom is -0.361 e. The third-order valence-electron chi connectivity index (χ3n) is 6.64. The number of para-hydroxylation sites is 1. The Morgan fingerprint density at radius 2 is 1.88 bits per heavy atom. The lowest BCUT2D eigenvalue weighted by atomic mass is 9.87. The van der Waals surface area contributed by atoms with E-state index in [-0.39, 0.29) is 30.1 Å². The van der Waals surface area contributed by atoms with Gasteiger partial charge in [0.25, 0.3) is 0 Å². The number of rotatable bonds is 12. The zero-order valence-corrected chi connectivity index (χ0v) is 20.5. The molecule has 4 nitrogen and oxygen atoms in total. The molecule has 0 aliphatic rings. The smallest absolute Gasteiger partial charge is 0.221 e. The molecule has 0 spiro atoms. The quantitative estimate of drug-likeness (QED) is 0.354. The van der Waals surface area contributed by atoms with Gasteiger partial charge in [0.1, 0.15) is 5.82 Å². The second kappa shape index (κ2) is 12.0. The molecule has 2 unspecified atom stereocenters. The first-order valence-electron chi connectivity index (χ1n) is 12.3. The second-order valence-corrected chi connectivity index (χ2v) is 8.89. The summed E-state index contributed by atoms with van der Waals surface area (Å²) in [7, 11) is 0. The van der Waals surface area contributed by atoms with Gasteiger partial charge in [-0.1, -0.05) is 51.1 Å². The van der Waals surface area contributed by atoms with Crippen LogP contribution in [0.25, 0.3) is 10.9 Å². The van der Waals surface area contributed by atoms with Crippen molar-refractivity contribution in [1.29, 1.82) is 0 Å². The van der Waals surface area contributed by atoms with Gasteiger partial charge in [-0.2, -0.15) is 0 Å². The first-order valence-corrected chi connectivity index (χ1v) is 12.3. The molecule has 3 aromatic rings. The Kier molecular flexibility index (Phi) is 9.07. The van der Waals surface area contributed by atoms with E-state index in [0.29, 0.717) is 0 Å². The van der Waals surface area contributed by atoms with E-state index in [0.717, 1.165) is 60.9 Å². The number of hydrogen-bond donors (Lipinski definition) is 2. The predicted molar refractivity (Wildman–Crippen MR) is 135 cm³/mol. The molecule has 0 saturated carbocycles. The molecule has 0 aliphatic carbocycles. The minimum atomic E-state index is -0.281. The summed E-state index contributed by atoms with van der Waals surface area (Å²) in [6.07, 6.45) is 5.19. The summed E-state index contributed by atoms with van der Waals surface area (Å²) in [4.78, 5) is 18.9. The van der Waals surface area contributed by atoms with Gasteiger partial charge in [0.05, 0.1) is 0 Å². The molecule has 0 saturated heterocycles. The number of halogens is 1. The molecule has 1 heterocycles. The number of nitrogens with zero attached hydrogens (tertiary/aromatic N) is 1. The Bertz CT molecular complexity index is 1040. The van der Waals surface area contributed by atoms with Crippen molar-refractivity contribution in [3.05, 3.63) is 71.2 Å². The summed E-state index contributed by atoms with van der Waals surface area (Å²) >= 11 is 0. The second-order valence-electron chi connectivity index (χ2n) is 8.89. The van der Waals surface area contributed by atoms with Crippen LogP contribution in [0.15, 0.2) is 48.7 Å². The molecule has 0 bridgehead atoms. The monoisotopic (exact) mass is 451 g/mol. The molecular formula is C28H38FN3O. The average Bonchev–Trinajstić information content (AvgIpc) is 3.24. The average molecular weight is 452 g/mol. The molecule has 2 aromatic carbocycles. The predicted octanol–water partition coefficient (Wildman–Crippen LogP) is 6.02. The van der Waals surface area contributed by atoms with Crippen molar-refractivity contribution in [1.82, 2.24) is 15.2 Å². The number of benzene rings is 2. The van der Waals surface area contributed by atoms with Gasteiger partial charge in [0, 0.05) is 35.5 Å². The Morgan fingerprint density at radius 3 is 2.58 bits per heavy atom. The maximum atomic E-state index is 14.1. The van der Waals surface area contributed by atoms with Crippen LogP contribution in [0.2, 0.25) is 0 Å². The van der Waals surface area contributed by atoms with Gasteiger partial charge in [-0.05, 0) is 74.6 Å². The highest BCUT2D eigenvalue weighted by atomic mass is 19.1. The third kappa shape index (κ3) is 6.44. The highest BCUT2D eigenvalue weighted by Crippen LogP contribution is 2.35. The lowest BCUT2D eigenvalue weighted by Crippen LogP contribution is -2.34. The molecule has 33 heavy (non-hydrogen) atoms. The Balaban J connectivity index is 1.77. The summed E-state index contributed by atoms with van der Waals surface area (Å²) in [5.41, 5.74) is 4.20. The van der Waals surface area contributed by atoms with E-state index in [2.05, 4.69) is 61.1 Å². The van der Waals surface area contributed by atoms with Crippen molar-refractivity contribution >= 4 is 16.8 Å². The van der Waals surface area contributed by atoms with Crippen LogP contribution < -0.4 is 5.32 Å². The molecule has 0 aliphatic heterocycles. The number of aryl methyl sites for hydroxylation is 1. The van der Waals surface area contributed by atoms with Crippen LogP contribution in [-0.2, 0) is 11.2 Å². The van der Waals surface area contributed by atoms with Crippen molar-refractivity contribution < 1.29 is 9.18 Å². The van der Waals surface area contributed by atoms with Crippen molar-refractivity contribution in [2.24, 2.45) is 0 Å². The van der Waals surface area contributed by atoms with Crippen LogP contribution in [0.3, 0.4) is 0 Å². The number of H-pyrrole nitrogens is 1. The van der Waals surface area contributed by atoms with Gasteiger partial charge >= 0.3 is 0 Å². The van der Waals surface area contributed by atoms with E-state index in [1.165, 1.54) is 11.6 Å². The number of aromatic nitrogens is 1. The molecule has 0 fully saturated rings. The minimum absolute atomic E-state index is 0.000552. The van der Waals surface area contributed by atoms with Gasteiger partial charge < -0.3 is 15.2 Å². The summed E-state index contributed by atoms with van der Waals surface area (Å²) < 4.78 is 14.1. The van der Waals surface area contributed by atoms with Crippen molar-refractivity contribution in [2.75, 3.05) is 19.6 Å². The fourth-order valence-corrected chi connectivity index (χ4v) is 4.70. The maximum Gasteiger partial charge on any atom is 0.221 e. The Morgan fingerprint density at radius 1 is 1.12 bits per heavy atom. The number of nitrogens with one attached hydrogen (secondary N) is 2. The highest BCUT2D eigenvalue weighted by Gasteiger charge is 2.23. The molecule has 178 valence electrons. The van der Waals surface area contributed by atoms with E-state index in [1.54, 1.807) is 12.1 Å². The van der Waals surface area contributed by atoms with E-state index in [9.17, 15) is 9.18 Å². The first-order chi connectivity index (χ1) is 16.0. The molecule has 2 atom stereocenters.